The molecule has 0 aliphatic carbocycles. The third-order valence-corrected chi connectivity index (χ3v) is 2.32. The quantitative estimate of drug-likeness (QED) is 0.700. The number of rotatable bonds is 4. The number of nitrogens with one attached hydrogen (secondary N) is 1. The molecule has 0 radical (unpaired) electrons. The number of carbonyl (C=O) groups is 1. The standard InChI is InChI=1S/C9H13N7O/c1-15-9(10)7(5-13-15)4-11-8(17)6-16-3-2-12-14-16/h2-3,5H,4,6,10H2,1H3,(H,11,17). The Kier molecular flexibility index (Phi) is 3.03. The van der Waals surface area contributed by atoms with Crippen molar-refractivity contribution in [2.75, 3.05) is 5.73 Å². The molecular weight excluding hydrogens is 222 g/mol. The Morgan fingerprint density at radius 1 is 1.59 bits per heavy atom. The maximum atomic E-state index is 11.5. The summed E-state index contributed by atoms with van der Waals surface area (Å²) in [6.45, 7) is 0.493. The smallest absolute Gasteiger partial charge is 0.242 e. The van der Waals surface area contributed by atoms with E-state index in [1.165, 1.54) is 10.9 Å². The summed E-state index contributed by atoms with van der Waals surface area (Å²) in [7, 11) is 1.75. The fourth-order valence-electron chi connectivity index (χ4n) is 1.34. The van der Waals surface area contributed by atoms with Gasteiger partial charge in [0, 0.05) is 25.4 Å². The number of hydrogen-bond acceptors (Lipinski definition) is 5. The highest BCUT2D eigenvalue weighted by molar-refractivity contribution is 5.75. The number of aryl methyl sites for hydroxylation is 1. The van der Waals surface area contributed by atoms with Crippen LogP contribution < -0.4 is 11.1 Å². The van der Waals surface area contributed by atoms with Gasteiger partial charge >= 0.3 is 0 Å². The van der Waals surface area contributed by atoms with Crippen LogP contribution in [0.5, 0.6) is 0 Å². The Morgan fingerprint density at radius 2 is 2.41 bits per heavy atom. The minimum atomic E-state index is -0.154. The van der Waals surface area contributed by atoms with Crippen LogP contribution in [0.2, 0.25) is 0 Å². The number of hydrogen-bond donors (Lipinski definition) is 2. The van der Waals surface area contributed by atoms with Gasteiger partial charge in [0.2, 0.25) is 5.91 Å². The Bertz CT molecular complexity index is 501. The zero-order chi connectivity index (χ0) is 12.3. The third-order valence-electron chi connectivity index (χ3n) is 2.32. The minimum absolute atomic E-state index is 0.139. The highest BCUT2D eigenvalue weighted by Gasteiger charge is 2.07. The molecule has 0 bridgehead atoms. The lowest BCUT2D eigenvalue weighted by Crippen LogP contribution is -2.27. The van der Waals surface area contributed by atoms with Crippen LogP contribution in [0.15, 0.2) is 18.6 Å². The molecule has 0 saturated carbocycles. The van der Waals surface area contributed by atoms with Gasteiger partial charge < -0.3 is 11.1 Å². The summed E-state index contributed by atoms with van der Waals surface area (Å²) >= 11 is 0. The molecule has 2 aromatic rings. The lowest BCUT2D eigenvalue weighted by atomic mass is 10.3. The Balaban J connectivity index is 1.86. The van der Waals surface area contributed by atoms with Crippen molar-refractivity contribution in [1.29, 1.82) is 0 Å². The van der Waals surface area contributed by atoms with Crippen LogP contribution in [-0.2, 0) is 24.9 Å². The molecule has 8 heteroatoms. The van der Waals surface area contributed by atoms with Crippen LogP contribution in [-0.4, -0.2) is 30.7 Å². The fraction of sp³-hybridized carbons (Fsp3) is 0.333. The first kappa shape index (κ1) is 11.1. The van der Waals surface area contributed by atoms with Gasteiger partial charge in [-0.1, -0.05) is 5.21 Å². The summed E-state index contributed by atoms with van der Waals surface area (Å²) < 4.78 is 3.00. The fourth-order valence-corrected chi connectivity index (χ4v) is 1.34. The first-order chi connectivity index (χ1) is 8.16. The minimum Gasteiger partial charge on any atom is -0.384 e. The summed E-state index contributed by atoms with van der Waals surface area (Å²) in [5.41, 5.74) is 6.54. The number of nitrogens with two attached hydrogens (primary N) is 1. The van der Waals surface area contributed by atoms with E-state index in [-0.39, 0.29) is 12.5 Å². The van der Waals surface area contributed by atoms with Gasteiger partial charge in [0.25, 0.3) is 0 Å². The molecule has 0 unspecified atom stereocenters. The van der Waals surface area contributed by atoms with Crippen LogP contribution >= 0.6 is 0 Å². The maximum absolute atomic E-state index is 11.5. The lowest BCUT2D eigenvalue weighted by Gasteiger charge is -2.04. The van der Waals surface area contributed by atoms with Gasteiger partial charge in [-0.3, -0.25) is 9.48 Å². The summed E-state index contributed by atoms with van der Waals surface area (Å²) in [4.78, 5) is 11.5. The Labute approximate surface area is 97.4 Å². The first-order valence-electron chi connectivity index (χ1n) is 5.04. The van der Waals surface area contributed by atoms with Crippen molar-refractivity contribution in [3.8, 4) is 0 Å². The number of carbonyl (C=O) groups excluding carboxylic acids is 1. The SMILES string of the molecule is Cn1ncc(CNC(=O)Cn2ccnn2)c1N. The van der Waals surface area contributed by atoms with Crippen LogP contribution in [0.25, 0.3) is 0 Å². The number of amides is 1. The van der Waals surface area contributed by atoms with E-state index in [1.54, 1.807) is 24.1 Å². The molecule has 0 atom stereocenters. The molecule has 2 aromatic heterocycles. The molecule has 90 valence electrons. The lowest BCUT2D eigenvalue weighted by molar-refractivity contribution is -0.122. The van der Waals surface area contributed by atoms with E-state index in [2.05, 4.69) is 20.7 Å². The van der Waals surface area contributed by atoms with Crippen molar-refractivity contribution in [3.63, 3.8) is 0 Å². The summed E-state index contributed by atoms with van der Waals surface area (Å²) in [5, 5.41) is 14.0. The molecular formula is C9H13N7O. The van der Waals surface area contributed by atoms with Crippen molar-refractivity contribution in [3.05, 3.63) is 24.2 Å². The van der Waals surface area contributed by atoms with Gasteiger partial charge in [-0.05, 0) is 0 Å². The van der Waals surface area contributed by atoms with Gasteiger partial charge in [-0.15, -0.1) is 5.10 Å². The largest absolute Gasteiger partial charge is 0.384 e. The van der Waals surface area contributed by atoms with Crippen LogP contribution in [0, 0.1) is 0 Å². The first-order valence-corrected chi connectivity index (χ1v) is 5.04. The van der Waals surface area contributed by atoms with E-state index >= 15 is 0 Å². The summed E-state index contributed by atoms with van der Waals surface area (Å²) in [6, 6.07) is 0. The average Bonchev–Trinajstić information content (AvgIpc) is 2.90. The second kappa shape index (κ2) is 4.64. The molecule has 0 aliphatic heterocycles. The number of aromatic nitrogens is 5. The predicted octanol–water partition coefficient (Wildman–Crippen LogP) is -1.09. The van der Waals surface area contributed by atoms with E-state index in [4.69, 9.17) is 5.73 Å². The van der Waals surface area contributed by atoms with Crippen LogP contribution in [0.4, 0.5) is 5.82 Å². The van der Waals surface area contributed by atoms with E-state index < -0.39 is 0 Å². The molecule has 8 nitrogen and oxygen atoms in total. The molecule has 0 aromatic carbocycles. The Hall–Kier alpha value is -2.38. The monoisotopic (exact) mass is 235 g/mol. The van der Waals surface area contributed by atoms with E-state index in [0.29, 0.717) is 12.4 Å². The van der Waals surface area contributed by atoms with Gasteiger partial charge in [-0.2, -0.15) is 5.10 Å². The molecule has 2 heterocycles. The number of nitrogen functional groups attached to an aromatic ring is 1. The van der Waals surface area contributed by atoms with Gasteiger partial charge in [0.15, 0.2) is 0 Å². The summed E-state index contributed by atoms with van der Waals surface area (Å²) in [5.74, 6) is 0.393. The van der Waals surface area contributed by atoms with E-state index in [9.17, 15) is 4.79 Å². The average molecular weight is 235 g/mol. The highest BCUT2D eigenvalue weighted by Crippen LogP contribution is 2.07. The molecule has 2 rings (SSSR count). The molecule has 1 amide bonds. The van der Waals surface area contributed by atoms with Gasteiger partial charge in [0.1, 0.15) is 12.4 Å². The van der Waals surface area contributed by atoms with Gasteiger partial charge in [0.05, 0.1) is 12.4 Å². The maximum Gasteiger partial charge on any atom is 0.242 e. The predicted molar refractivity (Wildman–Crippen MR) is 59.5 cm³/mol. The van der Waals surface area contributed by atoms with Crippen molar-refractivity contribution < 1.29 is 4.79 Å². The van der Waals surface area contributed by atoms with Gasteiger partial charge in [-0.25, -0.2) is 4.68 Å². The molecule has 0 saturated heterocycles. The molecule has 0 spiro atoms. The number of anilines is 1. The second-order valence-corrected chi connectivity index (χ2v) is 3.56. The van der Waals surface area contributed by atoms with Crippen molar-refractivity contribution in [2.45, 2.75) is 13.1 Å². The normalized spacial score (nSPS) is 10.4. The van der Waals surface area contributed by atoms with Crippen LogP contribution in [0.1, 0.15) is 5.56 Å². The van der Waals surface area contributed by atoms with Crippen molar-refractivity contribution >= 4 is 11.7 Å². The second-order valence-electron chi connectivity index (χ2n) is 3.56. The zero-order valence-electron chi connectivity index (χ0n) is 9.37. The van der Waals surface area contributed by atoms with E-state index in [0.717, 1.165) is 5.56 Å². The summed E-state index contributed by atoms with van der Waals surface area (Å²) in [6.07, 6.45) is 4.77. The van der Waals surface area contributed by atoms with Crippen molar-refractivity contribution in [2.24, 2.45) is 7.05 Å². The zero-order valence-corrected chi connectivity index (χ0v) is 9.37. The number of nitrogens with zero attached hydrogens (tertiary/aromatic N) is 5. The van der Waals surface area contributed by atoms with Crippen LogP contribution in [0.3, 0.4) is 0 Å². The third kappa shape index (κ3) is 2.60. The van der Waals surface area contributed by atoms with E-state index in [1.807, 2.05) is 0 Å². The highest BCUT2D eigenvalue weighted by atomic mass is 16.2. The molecule has 0 fully saturated rings. The Morgan fingerprint density at radius 3 is 3.00 bits per heavy atom. The molecule has 3 N–H and O–H groups in total. The molecule has 0 aliphatic rings. The molecule has 17 heavy (non-hydrogen) atoms. The topological polar surface area (TPSA) is 104 Å². The van der Waals surface area contributed by atoms with Crippen molar-refractivity contribution in [1.82, 2.24) is 30.1 Å².